The molecule has 0 spiro atoms. The highest BCUT2D eigenvalue weighted by molar-refractivity contribution is 4.62. The Morgan fingerprint density at radius 1 is 0.552 bits per heavy atom. The largest absolute Gasteiger partial charge is 0.381 e. The Kier molecular flexibility index (Phi) is 17.6. The van der Waals surface area contributed by atoms with Crippen LogP contribution in [0.3, 0.4) is 0 Å². The summed E-state index contributed by atoms with van der Waals surface area (Å²) >= 11 is 0. The van der Waals surface area contributed by atoms with Crippen LogP contribution in [0, 0.1) is 29.1 Å². The van der Waals surface area contributed by atoms with Crippen LogP contribution in [0.2, 0.25) is 0 Å². The summed E-state index contributed by atoms with van der Waals surface area (Å²) in [7, 11) is 0. The van der Waals surface area contributed by atoms with E-state index in [1.54, 1.807) is 0 Å². The summed E-state index contributed by atoms with van der Waals surface area (Å²) in [6, 6.07) is 0. The van der Waals surface area contributed by atoms with Crippen molar-refractivity contribution >= 4 is 0 Å². The predicted molar refractivity (Wildman–Crippen MR) is 133 cm³/mol. The number of hydrogen-bond acceptors (Lipinski definition) is 1. The summed E-state index contributed by atoms with van der Waals surface area (Å²) in [5.74, 6) is 3.58. The molecule has 0 fully saturated rings. The summed E-state index contributed by atoms with van der Waals surface area (Å²) in [5.41, 5.74) is 0.396. The first-order valence-corrected chi connectivity index (χ1v) is 13.2. The van der Waals surface area contributed by atoms with Gasteiger partial charge >= 0.3 is 0 Å². The lowest BCUT2D eigenvalue weighted by Gasteiger charge is -2.18. The second-order valence-corrected chi connectivity index (χ2v) is 11.7. The average Bonchev–Trinajstić information content (AvgIpc) is 2.60. The van der Waals surface area contributed by atoms with E-state index in [2.05, 4.69) is 55.4 Å². The number of hydrogen-bond donors (Lipinski definition) is 0. The van der Waals surface area contributed by atoms with E-state index >= 15 is 0 Å². The third-order valence-corrected chi connectivity index (χ3v) is 6.71. The molecule has 0 heterocycles. The fourth-order valence-electron chi connectivity index (χ4n) is 4.28. The fourth-order valence-corrected chi connectivity index (χ4v) is 4.28. The molecule has 0 amide bonds. The van der Waals surface area contributed by atoms with E-state index in [4.69, 9.17) is 4.74 Å². The minimum atomic E-state index is 0.396. The summed E-state index contributed by atoms with van der Waals surface area (Å²) in [5, 5.41) is 0. The molecule has 0 aromatic heterocycles. The van der Waals surface area contributed by atoms with Crippen LogP contribution >= 0.6 is 0 Å². The Hall–Kier alpha value is -0.0400. The standard InChI is InChI=1S/C28H58O/c1-9-13-24(2)14-10-15-25(3)16-11-17-26(4)18-12-19-27(5)20-22-29-23-21-28(6,7)8/h24-27H,9-23H2,1-8H3. The lowest BCUT2D eigenvalue weighted by Crippen LogP contribution is -2.11. The van der Waals surface area contributed by atoms with Gasteiger partial charge in [-0.15, -0.1) is 0 Å². The van der Waals surface area contributed by atoms with Gasteiger partial charge in [0.15, 0.2) is 0 Å². The average molecular weight is 411 g/mol. The molecule has 0 aromatic carbocycles. The van der Waals surface area contributed by atoms with Crippen molar-refractivity contribution in [3.63, 3.8) is 0 Å². The zero-order valence-electron chi connectivity index (χ0n) is 21.8. The van der Waals surface area contributed by atoms with Crippen LogP contribution in [0.25, 0.3) is 0 Å². The van der Waals surface area contributed by atoms with Gasteiger partial charge in [-0.25, -0.2) is 0 Å². The third-order valence-electron chi connectivity index (χ3n) is 6.71. The normalized spacial score (nSPS) is 16.6. The van der Waals surface area contributed by atoms with Crippen LogP contribution in [0.4, 0.5) is 0 Å². The van der Waals surface area contributed by atoms with Gasteiger partial charge in [-0.3, -0.25) is 0 Å². The zero-order chi connectivity index (χ0) is 22.1. The quantitative estimate of drug-likeness (QED) is 0.192. The maximum Gasteiger partial charge on any atom is 0.0471 e. The van der Waals surface area contributed by atoms with Gasteiger partial charge in [0.25, 0.3) is 0 Å². The van der Waals surface area contributed by atoms with Gasteiger partial charge in [0.05, 0.1) is 0 Å². The van der Waals surface area contributed by atoms with Gasteiger partial charge in [-0.1, -0.05) is 126 Å². The van der Waals surface area contributed by atoms with Crippen molar-refractivity contribution in [3.05, 3.63) is 0 Å². The SMILES string of the molecule is CCCC(C)CCCC(C)CCCC(C)CCCC(C)CCOCCC(C)(C)C. The monoisotopic (exact) mass is 410 g/mol. The molecule has 1 nitrogen and oxygen atoms in total. The Bertz CT molecular complexity index is 343. The predicted octanol–water partition coefficient (Wildman–Crippen LogP) is 9.68. The van der Waals surface area contributed by atoms with Crippen molar-refractivity contribution in [2.75, 3.05) is 13.2 Å². The Morgan fingerprint density at radius 3 is 1.31 bits per heavy atom. The minimum absolute atomic E-state index is 0.396. The van der Waals surface area contributed by atoms with E-state index in [0.717, 1.165) is 43.3 Å². The molecule has 0 bridgehead atoms. The fraction of sp³-hybridized carbons (Fsp3) is 1.00. The van der Waals surface area contributed by atoms with E-state index < -0.39 is 0 Å². The van der Waals surface area contributed by atoms with E-state index in [9.17, 15) is 0 Å². The van der Waals surface area contributed by atoms with Crippen molar-refractivity contribution in [2.24, 2.45) is 29.1 Å². The molecule has 176 valence electrons. The molecule has 0 rings (SSSR count). The summed E-state index contributed by atoms with van der Waals surface area (Å²) < 4.78 is 5.84. The van der Waals surface area contributed by atoms with E-state index in [-0.39, 0.29) is 0 Å². The van der Waals surface area contributed by atoms with Crippen molar-refractivity contribution in [1.82, 2.24) is 0 Å². The Balaban J connectivity index is 3.55. The van der Waals surface area contributed by atoms with Crippen LogP contribution in [-0.4, -0.2) is 13.2 Å². The van der Waals surface area contributed by atoms with Gasteiger partial charge in [0.1, 0.15) is 0 Å². The van der Waals surface area contributed by atoms with Gasteiger partial charge in [0.2, 0.25) is 0 Å². The molecular formula is C28H58O. The van der Waals surface area contributed by atoms with Gasteiger partial charge in [-0.2, -0.15) is 0 Å². The molecular weight excluding hydrogens is 352 g/mol. The van der Waals surface area contributed by atoms with E-state index in [1.165, 1.54) is 77.0 Å². The Morgan fingerprint density at radius 2 is 0.931 bits per heavy atom. The highest BCUT2D eigenvalue weighted by Crippen LogP contribution is 2.23. The maximum absolute atomic E-state index is 5.84. The molecule has 0 aliphatic rings. The zero-order valence-corrected chi connectivity index (χ0v) is 21.8. The Labute approximate surface area is 186 Å². The first-order chi connectivity index (χ1) is 13.6. The highest BCUT2D eigenvalue weighted by atomic mass is 16.5. The van der Waals surface area contributed by atoms with Gasteiger partial charge < -0.3 is 4.74 Å². The molecule has 0 aliphatic heterocycles. The van der Waals surface area contributed by atoms with Crippen LogP contribution in [0.5, 0.6) is 0 Å². The van der Waals surface area contributed by atoms with Crippen molar-refractivity contribution in [1.29, 1.82) is 0 Å². The summed E-state index contributed by atoms with van der Waals surface area (Å²) in [4.78, 5) is 0. The van der Waals surface area contributed by atoms with Crippen LogP contribution in [0.15, 0.2) is 0 Å². The maximum atomic E-state index is 5.84. The summed E-state index contributed by atoms with van der Waals surface area (Å²) in [6.45, 7) is 20.8. The summed E-state index contributed by atoms with van der Waals surface area (Å²) in [6.07, 6.45) is 18.0. The van der Waals surface area contributed by atoms with Gasteiger partial charge in [0, 0.05) is 13.2 Å². The van der Waals surface area contributed by atoms with Crippen molar-refractivity contribution in [3.8, 4) is 0 Å². The first-order valence-electron chi connectivity index (χ1n) is 13.2. The van der Waals surface area contributed by atoms with Crippen LogP contribution < -0.4 is 0 Å². The van der Waals surface area contributed by atoms with Crippen molar-refractivity contribution < 1.29 is 4.74 Å². The van der Waals surface area contributed by atoms with Crippen LogP contribution in [0.1, 0.15) is 139 Å². The lowest BCUT2D eigenvalue weighted by molar-refractivity contribution is 0.0973. The third kappa shape index (κ3) is 21.0. The van der Waals surface area contributed by atoms with Crippen molar-refractivity contribution in [2.45, 2.75) is 139 Å². The first kappa shape index (κ1) is 29.0. The molecule has 1 heteroatoms. The lowest BCUT2D eigenvalue weighted by atomic mass is 9.90. The molecule has 0 N–H and O–H groups in total. The van der Waals surface area contributed by atoms with E-state index in [0.29, 0.717) is 5.41 Å². The second-order valence-electron chi connectivity index (χ2n) is 11.7. The molecule has 0 saturated heterocycles. The molecule has 4 unspecified atom stereocenters. The molecule has 0 aromatic rings. The molecule has 0 radical (unpaired) electrons. The van der Waals surface area contributed by atoms with Crippen LogP contribution in [-0.2, 0) is 4.74 Å². The highest BCUT2D eigenvalue weighted by Gasteiger charge is 2.11. The second kappa shape index (κ2) is 17.6. The number of ether oxygens (including phenoxy) is 1. The van der Waals surface area contributed by atoms with E-state index in [1.807, 2.05) is 0 Å². The molecule has 29 heavy (non-hydrogen) atoms. The molecule has 0 aliphatic carbocycles. The topological polar surface area (TPSA) is 9.23 Å². The smallest absolute Gasteiger partial charge is 0.0471 e. The van der Waals surface area contributed by atoms with Gasteiger partial charge in [-0.05, 0) is 41.9 Å². The minimum Gasteiger partial charge on any atom is -0.381 e. The number of rotatable bonds is 19. The molecule has 4 atom stereocenters. The molecule has 0 saturated carbocycles.